The van der Waals surface area contributed by atoms with Crippen LogP contribution in [0.1, 0.15) is 6.92 Å². The minimum Gasteiger partial charge on any atom is -0.445 e. The van der Waals surface area contributed by atoms with Crippen LogP contribution >= 0.6 is 0 Å². The number of ether oxygens (including phenoxy) is 1. The number of hydrogen-bond acceptors (Lipinski definition) is 4. The molecule has 0 rings (SSSR count). The zero-order valence-corrected chi connectivity index (χ0v) is 6.50. The van der Waals surface area contributed by atoms with E-state index < -0.39 is 12.6 Å². The Morgan fingerprint density at radius 2 is 2.20 bits per heavy atom. The molecule has 0 aromatic rings. The van der Waals surface area contributed by atoms with Gasteiger partial charge in [-0.2, -0.15) is 0 Å². The normalized spacial score (nSPS) is 13.3. The van der Waals surface area contributed by atoms with E-state index in [1.54, 1.807) is 25.9 Å². The van der Waals surface area contributed by atoms with Gasteiger partial charge in [0.15, 0.2) is 6.23 Å². The first kappa shape index (κ1) is 9.39. The molecule has 60 valence electrons. The lowest BCUT2D eigenvalue weighted by atomic mass is 10.6. The fourth-order valence-electron chi connectivity index (χ4n) is 0.333. The third-order valence-electron chi connectivity index (χ3n) is 1.16. The van der Waals surface area contributed by atoms with Crippen molar-refractivity contribution in [3.05, 3.63) is 0 Å². The van der Waals surface area contributed by atoms with Gasteiger partial charge >= 0.3 is 5.97 Å². The Morgan fingerprint density at radius 3 is 2.50 bits per heavy atom. The molecular formula is C6H13NO3. The average Bonchev–Trinajstić information content (AvgIpc) is 1.87. The van der Waals surface area contributed by atoms with Crippen LogP contribution in [0.15, 0.2) is 0 Å². The average molecular weight is 147 g/mol. The molecular weight excluding hydrogens is 134 g/mol. The van der Waals surface area contributed by atoms with Crippen molar-refractivity contribution in [1.29, 1.82) is 0 Å². The van der Waals surface area contributed by atoms with E-state index in [0.717, 1.165) is 0 Å². The molecule has 0 radical (unpaired) electrons. The second kappa shape index (κ2) is 4.24. The molecule has 0 aliphatic carbocycles. The monoisotopic (exact) mass is 147 g/mol. The predicted octanol–water partition coefficient (Wildman–Crippen LogP) is -0.571. The number of aliphatic hydroxyl groups is 1. The van der Waals surface area contributed by atoms with Crippen LogP contribution in [0.3, 0.4) is 0 Å². The summed E-state index contributed by atoms with van der Waals surface area (Å²) >= 11 is 0. The van der Waals surface area contributed by atoms with E-state index in [9.17, 15) is 4.79 Å². The van der Waals surface area contributed by atoms with Crippen molar-refractivity contribution in [2.24, 2.45) is 0 Å². The lowest BCUT2D eigenvalue weighted by Crippen LogP contribution is -2.30. The lowest BCUT2D eigenvalue weighted by molar-refractivity contribution is -0.158. The Hall–Kier alpha value is -0.610. The molecule has 0 saturated heterocycles. The van der Waals surface area contributed by atoms with Crippen LogP contribution in [0.25, 0.3) is 0 Å². The maximum Gasteiger partial charge on any atom is 0.333 e. The third kappa shape index (κ3) is 3.42. The summed E-state index contributed by atoms with van der Waals surface area (Å²) in [5.41, 5.74) is 0. The van der Waals surface area contributed by atoms with Gasteiger partial charge in [0.05, 0.1) is 0 Å². The number of aliphatic hydroxyl groups excluding tert-OH is 1. The lowest BCUT2D eigenvalue weighted by Gasteiger charge is -2.18. The van der Waals surface area contributed by atoms with Crippen LogP contribution in [0.5, 0.6) is 0 Å². The number of hydrogen-bond donors (Lipinski definition) is 1. The molecule has 0 aromatic heterocycles. The molecule has 0 aliphatic rings. The molecule has 0 bridgehead atoms. The molecule has 0 amide bonds. The van der Waals surface area contributed by atoms with E-state index in [0.29, 0.717) is 0 Å². The summed E-state index contributed by atoms with van der Waals surface area (Å²) < 4.78 is 4.70. The number of carbonyl (C=O) groups is 1. The highest BCUT2D eigenvalue weighted by Gasteiger charge is 2.08. The van der Waals surface area contributed by atoms with Crippen LogP contribution in [0, 0.1) is 0 Å². The topological polar surface area (TPSA) is 49.8 Å². The summed E-state index contributed by atoms with van der Waals surface area (Å²) in [7, 11) is 3.57. The minimum atomic E-state index is -0.596. The number of nitrogens with zero attached hydrogens (tertiary/aromatic N) is 1. The second-order valence-electron chi connectivity index (χ2n) is 2.21. The Morgan fingerprint density at radius 1 is 1.70 bits per heavy atom. The maximum atomic E-state index is 10.4. The first-order valence-corrected chi connectivity index (χ1v) is 3.04. The molecule has 10 heavy (non-hydrogen) atoms. The number of carbonyl (C=O) groups excluding carboxylic acids is 1. The molecule has 1 N–H and O–H groups in total. The fourth-order valence-corrected chi connectivity index (χ4v) is 0.333. The predicted molar refractivity (Wildman–Crippen MR) is 36.3 cm³/mol. The van der Waals surface area contributed by atoms with Crippen molar-refractivity contribution >= 4 is 5.97 Å². The molecule has 0 heterocycles. The second-order valence-corrected chi connectivity index (χ2v) is 2.21. The molecule has 0 spiro atoms. The quantitative estimate of drug-likeness (QED) is 0.429. The first-order chi connectivity index (χ1) is 4.57. The van der Waals surface area contributed by atoms with E-state index in [1.165, 1.54) is 0 Å². The molecule has 0 aliphatic heterocycles. The standard InChI is InChI=1S/C6H13NO3/c1-5(7(2)3)10-6(9)4-8/h5,8H,4H2,1-3H3. The molecule has 4 heteroatoms. The number of esters is 1. The Bertz CT molecular complexity index is 114. The van der Waals surface area contributed by atoms with Crippen molar-refractivity contribution < 1.29 is 14.6 Å². The highest BCUT2D eigenvalue weighted by atomic mass is 16.6. The highest BCUT2D eigenvalue weighted by Crippen LogP contribution is 1.93. The van der Waals surface area contributed by atoms with Gasteiger partial charge in [-0.05, 0) is 21.0 Å². The van der Waals surface area contributed by atoms with Gasteiger partial charge in [0.25, 0.3) is 0 Å². The van der Waals surface area contributed by atoms with Crippen LogP contribution in [0.4, 0.5) is 0 Å². The van der Waals surface area contributed by atoms with E-state index in [4.69, 9.17) is 9.84 Å². The van der Waals surface area contributed by atoms with Crippen molar-refractivity contribution in [1.82, 2.24) is 4.90 Å². The van der Waals surface area contributed by atoms with Crippen LogP contribution < -0.4 is 0 Å². The summed E-state index contributed by atoms with van der Waals surface area (Å²) in [4.78, 5) is 12.2. The van der Waals surface area contributed by atoms with E-state index in [-0.39, 0.29) is 6.23 Å². The summed E-state index contributed by atoms with van der Waals surface area (Å²) in [5, 5.41) is 8.27. The van der Waals surface area contributed by atoms with Gasteiger partial charge in [-0.1, -0.05) is 0 Å². The zero-order valence-electron chi connectivity index (χ0n) is 6.50. The third-order valence-corrected chi connectivity index (χ3v) is 1.16. The van der Waals surface area contributed by atoms with Gasteiger partial charge in [0.1, 0.15) is 6.61 Å². The van der Waals surface area contributed by atoms with Gasteiger partial charge in [0, 0.05) is 0 Å². The van der Waals surface area contributed by atoms with Gasteiger partial charge in [0.2, 0.25) is 0 Å². The van der Waals surface area contributed by atoms with E-state index in [1.807, 2.05) is 0 Å². The van der Waals surface area contributed by atoms with Crippen molar-refractivity contribution in [2.45, 2.75) is 13.2 Å². The first-order valence-electron chi connectivity index (χ1n) is 3.04. The molecule has 0 fully saturated rings. The molecule has 1 unspecified atom stereocenters. The molecule has 0 aromatic carbocycles. The van der Waals surface area contributed by atoms with Crippen LogP contribution in [-0.2, 0) is 9.53 Å². The van der Waals surface area contributed by atoms with E-state index in [2.05, 4.69) is 0 Å². The van der Waals surface area contributed by atoms with E-state index >= 15 is 0 Å². The Kier molecular flexibility index (Phi) is 3.99. The van der Waals surface area contributed by atoms with Crippen LogP contribution in [0.2, 0.25) is 0 Å². The summed E-state index contributed by atoms with van der Waals surface area (Å²) in [5.74, 6) is -0.596. The largest absolute Gasteiger partial charge is 0.445 e. The van der Waals surface area contributed by atoms with Gasteiger partial charge in [-0.15, -0.1) is 0 Å². The molecule has 1 atom stereocenters. The van der Waals surface area contributed by atoms with Crippen molar-refractivity contribution in [2.75, 3.05) is 20.7 Å². The summed E-state index contributed by atoms with van der Waals surface area (Å²) in [6, 6.07) is 0. The Labute approximate surface area is 60.4 Å². The van der Waals surface area contributed by atoms with Crippen molar-refractivity contribution in [3.63, 3.8) is 0 Å². The smallest absolute Gasteiger partial charge is 0.333 e. The van der Waals surface area contributed by atoms with Gasteiger partial charge in [-0.25, -0.2) is 4.79 Å². The molecule has 0 saturated carbocycles. The van der Waals surface area contributed by atoms with Gasteiger partial charge in [-0.3, -0.25) is 4.90 Å². The number of rotatable bonds is 3. The van der Waals surface area contributed by atoms with Crippen molar-refractivity contribution in [3.8, 4) is 0 Å². The summed E-state index contributed by atoms with van der Waals surface area (Å²) in [6.45, 7) is 1.17. The summed E-state index contributed by atoms with van der Waals surface area (Å²) in [6.07, 6.45) is -0.278. The minimum absolute atomic E-state index is 0.278. The van der Waals surface area contributed by atoms with Crippen LogP contribution in [-0.4, -0.2) is 42.9 Å². The molecule has 4 nitrogen and oxygen atoms in total. The highest BCUT2D eigenvalue weighted by molar-refractivity contribution is 5.70. The Balaban J connectivity index is 3.57. The van der Waals surface area contributed by atoms with Gasteiger partial charge < -0.3 is 9.84 Å². The SMILES string of the molecule is CC(OC(=O)CO)N(C)C. The fraction of sp³-hybridized carbons (Fsp3) is 0.833. The zero-order chi connectivity index (χ0) is 8.15. The maximum absolute atomic E-state index is 10.4.